The van der Waals surface area contributed by atoms with Gasteiger partial charge < -0.3 is 26.7 Å². The molecule has 0 saturated heterocycles. The first-order valence-corrected chi connectivity index (χ1v) is 5.26. The first-order valence-electron chi connectivity index (χ1n) is 5.26. The lowest BCUT2D eigenvalue weighted by Gasteiger charge is -2.23. The molecule has 0 aliphatic carbocycles. The molecular formula is C9H16N6O2. The number of nitrogens with two attached hydrogens (primary N) is 2. The second-order valence-electron chi connectivity index (χ2n) is 3.64. The topological polar surface area (TPSA) is 118 Å². The van der Waals surface area contributed by atoms with E-state index < -0.39 is 0 Å². The van der Waals surface area contributed by atoms with Crippen molar-refractivity contribution >= 4 is 17.2 Å². The molecule has 0 spiro atoms. The van der Waals surface area contributed by atoms with E-state index in [2.05, 4.69) is 5.10 Å². The Hall–Kier alpha value is -1.93. The zero-order chi connectivity index (χ0) is 12.4. The summed E-state index contributed by atoms with van der Waals surface area (Å²) >= 11 is 0. The predicted octanol–water partition coefficient (Wildman–Crippen LogP) is -1.78. The molecule has 2 aromatic rings. The molecule has 0 fully saturated rings. The summed E-state index contributed by atoms with van der Waals surface area (Å²) in [6, 6.07) is 1.62. The van der Waals surface area contributed by atoms with Crippen molar-refractivity contribution in [1.82, 2.24) is 14.3 Å². The first-order chi connectivity index (χ1) is 8.19. The maximum atomic E-state index is 8.99. The van der Waals surface area contributed by atoms with Crippen LogP contribution in [0.2, 0.25) is 0 Å². The van der Waals surface area contributed by atoms with Crippen molar-refractivity contribution in [3.05, 3.63) is 12.4 Å². The third kappa shape index (κ3) is 1.87. The fraction of sp³-hybridized carbons (Fsp3) is 0.444. The van der Waals surface area contributed by atoms with Gasteiger partial charge >= 0.3 is 0 Å². The summed E-state index contributed by atoms with van der Waals surface area (Å²) in [6.45, 7) is 0.690. The summed E-state index contributed by atoms with van der Waals surface area (Å²) in [5.41, 5.74) is 12.7. The predicted molar refractivity (Wildman–Crippen MR) is 64.1 cm³/mol. The Kier molecular flexibility index (Phi) is 3.07. The van der Waals surface area contributed by atoms with Crippen LogP contribution in [-0.2, 0) is 0 Å². The van der Waals surface area contributed by atoms with Crippen LogP contribution in [0.5, 0.6) is 0 Å². The Bertz CT molecular complexity index is 499. The highest BCUT2D eigenvalue weighted by Crippen LogP contribution is 2.20. The van der Waals surface area contributed by atoms with Crippen molar-refractivity contribution < 1.29 is 10.2 Å². The van der Waals surface area contributed by atoms with Crippen LogP contribution in [0, 0.1) is 0 Å². The van der Waals surface area contributed by atoms with Gasteiger partial charge in [-0.25, -0.2) is 4.68 Å². The van der Waals surface area contributed by atoms with Gasteiger partial charge in [0.05, 0.1) is 32.0 Å². The van der Waals surface area contributed by atoms with Gasteiger partial charge in [0.2, 0.25) is 0 Å². The van der Waals surface area contributed by atoms with Gasteiger partial charge in [0.15, 0.2) is 5.65 Å². The molecule has 94 valence electrons. The third-order valence-electron chi connectivity index (χ3n) is 2.52. The van der Waals surface area contributed by atoms with Crippen LogP contribution in [0.3, 0.4) is 0 Å². The SMILES string of the molecule is Nc1cc(N)n2ncn(N(CCO)CCO)c12. The Labute approximate surface area is 97.6 Å². The number of nitrogens with zero attached hydrogens (tertiary/aromatic N) is 4. The van der Waals surface area contributed by atoms with Gasteiger partial charge in [0.1, 0.15) is 12.1 Å². The number of hydrogen-bond donors (Lipinski definition) is 4. The molecule has 17 heavy (non-hydrogen) atoms. The number of hydrogen-bond acceptors (Lipinski definition) is 6. The third-order valence-corrected chi connectivity index (χ3v) is 2.52. The van der Waals surface area contributed by atoms with Gasteiger partial charge in [-0.15, -0.1) is 0 Å². The molecule has 0 unspecified atom stereocenters. The Morgan fingerprint density at radius 1 is 1.24 bits per heavy atom. The lowest BCUT2D eigenvalue weighted by molar-refractivity contribution is 0.266. The highest BCUT2D eigenvalue weighted by Gasteiger charge is 2.14. The summed E-state index contributed by atoms with van der Waals surface area (Å²) in [6.07, 6.45) is 1.55. The summed E-state index contributed by atoms with van der Waals surface area (Å²) in [4.78, 5) is 0. The Morgan fingerprint density at radius 3 is 2.47 bits per heavy atom. The van der Waals surface area contributed by atoms with E-state index in [4.69, 9.17) is 21.7 Å². The van der Waals surface area contributed by atoms with E-state index in [1.807, 2.05) is 0 Å². The van der Waals surface area contributed by atoms with E-state index in [9.17, 15) is 0 Å². The second-order valence-corrected chi connectivity index (χ2v) is 3.64. The fourth-order valence-corrected chi connectivity index (χ4v) is 1.80. The van der Waals surface area contributed by atoms with Crippen LogP contribution in [0.4, 0.5) is 11.5 Å². The second kappa shape index (κ2) is 4.52. The molecule has 2 aromatic heterocycles. The number of aromatic nitrogens is 3. The lowest BCUT2D eigenvalue weighted by Crippen LogP contribution is -2.39. The van der Waals surface area contributed by atoms with Gasteiger partial charge in [-0.05, 0) is 0 Å². The zero-order valence-electron chi connectivity index (χ0n) is 9.32. The Balaban J connectivity index is 2.45. The summed E-state index contributed by atoms with van der Waals surface area (Å²) in [5.74, 6) is 0.448. The lowest BCUT2D eigenvalue weighted by atomic mass is 10.5. The molecule has 6 N–H and O–H groups in total. The van der Waals surface area contributed by atoms with Crippen LogP contribution >= 0.6 is 0 Å². The van der Waals surface area contributed by atoms with E-state index in [0.717, 1.165) is 0 Å². The molecular weight excluding hydrogens is 224 g/mol. The van der Waals surface area contributed by atoms with Crippen molar-refractivity contribution in [2.75, 3.05) is 42.8 Å². The first kappa shape index (κ1) is 11.6. The highest BCUT2D eigenvalue weighted by atomic mass is 16.3. The monoisotopic (exact) mass is 240 g/mol. The van der Waals surface area contributed by atoms with Gasteiger partial charge in [-0.3, -0.25) is 0 Å². The minimum absolute atomic E-state index is 0.0273. The van der Waals surface area contributed by atoms with Crippen molar-refractivity contribution in [2.24, 2.45) is 0 Å². The molecule has 0 aliphatic heterocycles. The van der Waals surface area contributed by atoms with E-state index in [1.165, 1.54) is 4.52 Å². The summed E-state index contributed by atoms with van der Waals surface area (Å²) in [5, 5.41) is 23.8. The van der Waals surface area contributed by atoms with Crippen molar-refractivity contribution in [2.45, 2.75) is 0 Å². The van der Waals surface area contributed by atoms with Gasteiger partial charge in [0, 0.05) is 6.07 Å². The number of fused-ring (bicyclic) bond motifs is 1. The van der Waals surface area contributed by atoms with Gasteiger partial charge in [-0.2, -0.15) is 9.61 Å². The molecule has 8 heteroatoms. The Morgan fingerprint density at radius 2 is 1.88 bits per heavy atom. The van der Waals surface area contributed by atoms with Crippen molar-refractivity contribution in [1.29, 1.82) is 0 Å². The standard InChI is InChI=1S/C9H16N6O2/c10-7-5-8(11)15-9(7)14(6-12-15)13(1-3-16)2-4-17/h5-6,16-17H,1-4,10-11H2. The molecule has 0 saturated carbocycles. The average molecular weight is 240 g/mol. The number of anilines is 2. The average Bonchev–Trinajstić information content (AvgIpc) is 2.82. The van der Waals surface area contributed by atoms with Crippen LogP contribution in [0.1, 0.15) is 0 Å². The molecule has 0 amide bonds. The van der Waals surface area contributed by atoms with Crippen LogP contribution in [0.25, 0.3) is 5.65 Å². The minimum atomic E-state index is -0.0273. The van der Waals surface area contributed by atoms with Crippen molar-refractivity contribution in [3.8, 4) is 0 Å². The van der Waals surface area contributed by atoms with Crippen LogP contribution < -0.4 is 16.5 Å². The van der Waals surface area contributed by atoms with E-state index >= 15 is 0 Å². The molecule has 2 heterocycles. The molecule has 0 radical (unpaired) electrons. The number of aliphatic hydroxyl groups excluding tert-OH is 2. The maximum absolute atomic E-state index is 8.99. The molecule has 0 aromatic carbocycles. The van der Waals surface area contributed by atoms with E-state index in [1.54, 1.807) is 22.1 Å². The number of rotatable bonds is 5. The zero-order valence-corrected chi connectivity index (χ0v) is 9.32. The molecule has 0 bridgehead atoms. The maximum Gasteiger partial charge on any atom is 0.179 e. The quantitative estimate of drug-likeness (QED) is 0.491. The molecule has 8 nitrogen and oxygen atoms in total. The minimum Gasteiger partial charge on any atom is -0.396 e. The van der Waals surface area contributed by atoms with Crippen molar-refractivity contribution in [3.63, 3.8) is 0 Å². The van der Waals surface area contributed by atoms with Gasteiger partial charge in [-0.1, -0.05) is 0 Å². The summed E-state index contributed by atoms with van der Waals surface area (Å²) in [7, 11) is 0. The van der Waals surface area contributed by atoms with Crippen LogP contribution in [0.15, 0.2) is 12.4 Å². The van der Waals surface area contributed by atoms with E-state index in [0.29, 0.717) is 30.2 Å². The number of aliphatic hydroxyl groups is 2. The largest absolute Gasteiger partial charge is 0.396 e. The smallest absolute Gasteiger partial charge is 0.179 e. The fourth-order valence-electron chi connectivity index (χ4n) is 1.80. The normalized spacial score (nSPS) is 11.2. The summed E-state index contributed by atoms with van der Waals surface area (Å²) < 4.78 is 3.19. The highest BCUT2D eigenvalue weighted by molar-refractivity contribution is 5.72. The molecule has 0 aliphatic rings. The van der Waals surface area contributed by atoms with E-state index in [-0.39, 0.29) is 13.2 Å². The molecule has 0 atom stereocenters. The molecule has 2 rings (SSSR count). The van der Waals surface area contributed by atoms with Gasteiger partial charge in [0.25, 0.3) is 0 Å². The number of nitrogen functional groups attached to an aromatic ring is 2. The van der Waals surface area contributed by atoms with Crippen LogP contribution in [-0.4, -0.2) is 50.8 Å².